The molecule has 28 heavy (non-hydrogen) atoms. The zero-order chi connectivity index (χ0) is 19.9. The Morgan fingerprint density at radius 1 is 1.25 bits per heavy atom. The molecule has 2 N–H and O–H groups in total. The van der Waals surface area contributed by atoms with E-state index in [1.54, 1.807) is 24.3 Å². The van der Waals surface area contributed by atoms with Gasteiger partial charge in [0.25, 0.3) is 0 Å². The molecule has 0 saturated carbocycles. The zero-order valence-corrected chi connectivity index (χ0v) is 16.5. The van der Waals surface area contributed by atoms with E-state index >= 15 is 0 Å². The van der Waals surface area contributed by atoms with Crippen molar-refractivity contribution in [3.8, 4) is 5.75 Å². The molecule has 0 bridgehead atoms. The molecule has 2 aromatic carbocycles. The van der Waals surface area contributed by atoms with Crippen LogP contribution >= 0.6 is 11.6 Å². The van der Waals surface area contributed by atoms with Crippen LogP contribution in [0.3, 0.4) is 0 Å². The van der Waals surface area contributed by atoms with Crippen molar-refractivity contribution >= 4 is 29.2 Å². The van der Waals surface area contributed by atoms with Crippen LogP contribution in [0, 0.1) is 0 Å². The second kappa shape index (κ2) is 9.46. The highest BCUT2D eigenvalue weighted by molar-refractivity contribution is 6.30. The Bertz CT molecular complexity index is 826. The van der Waals surface area contributed by atoms with Crippen LogP contribution in [0.25, 0.3) is 0 Å². The summed E-state index contributed by atoms with van der Waals surface area (Å²) in [4.78, 5) is 25.7. The van der Waals surface area contributed by atoms with Gasteiger partial charge >= 0.3 is 6.03 Å². The number of hydrogen-bond donors (Lipinski definition) is 2. The van der Waals surface area contributed by atoms with Gasteiger partial charge < -0.3 is 20.3 Å². The molecule has 2 aromatic rings. The molecule has 6 nitrogen and oxygen atoms in total. The minimum absolute atomic E-state index is 0.0274. The molecule has 0 aromatic heterocycles. The van der Waals surface area contributed by atoms with Gasteiger partial charge in [0.05, 0.1) is 6.04 Å². The minimum Gasteiger partial charge on any atom is -0.491 e. The van der Waals surface area contributed by atoms with Crippen molar-refractivity contribution in [2.75, 3.05) is 18.5 Å². The molecule has 0 spiro atoms. The maximum atomic E-state index is 12.3. The van der Waals surface area contributed by atoms with Crippen molar-refractivity contribution in [3.05, 3.63) is 59.1 Å². The summed E-state index contributed by atoms with van der Waals surface area (Å²) < 4.78 is 5.89. The lowest BCUT2D eigenvalue weighted by atomic mass is 10.2. The molecule has 7 heteroatoms. The van der Waals surface area contributed by atoms with E-state index in [0.29, 0.717) is 42.6 Å². The molecule has 1 aliphatic heterocycles. The van der Waals surface area contributed by atoms with Gasteiger partial charge in [-0.05, 0) is 55.3 Å². The molecule has 1 heterocycles. The van der Waals surface area contributed by atoms with Gasteiger partial charge in [-0.25, -0.2) is 4.79 Å². The number of halogens is 1. The van der Waals surface area contributed by atoms with Crippen LogP contribution < -0.4 is 15.4 Å². The lowest BCUT2D eigenvalue weighted by Gasteiger charge is -2.25. The van der Waals surface area contributed by atoms with Crippen LogP contribution in [0.2, 0.25) is 5.02 Å². The van der Waals surface area contributed by atoms with Crippen molar-refractivity contribution in [2.24, 2.45) is 0 Å². The normalized spacial score (nSPS) is 16.1. The SMILES string of the molecule is CCNC(=O)Nc1ccc(OCC2CCC(=O)N2Cc2cccc(Cl)c2)cc1. The largest absolute Gasteiger partial charge is 0.491 e. The van der Waals surface area contributed by atoms with Crippen LogP contribution in [-0.4, -0.2) is 36.0 Å². The Labute approximate surface area is 169 Å². The minimum atomic E-state index is -0.239. The second-order valence-electron chi connectivity index (χ2n) is 6.66. The Morgan fingerprint density at radius 2 is 2.04 bits per heavy atom. The summed E-state index contributed by atoms with van der Waals surface area (Å²) >= 11 is 6.05. The molecular formula is C21H24ClN3O3. The molecule has 148 valence electrons. The number of nitrogens with zero attached hydrogens (tertiary/aromatic N) is 1. The molecule has 3 amide bonds. The van der Waals surface area contributed by atoms with Crippen LogP contribution in [0.4, 0.5) is 10.5 Å². The van der Waals surface area contributed by atoms with Gasteiger partial charge in [0, 0.05) is 30.2 Å². The predicted octanol–water partition coefficient (Wildman–Crippen LogP) is 4.05. The number of carbonyl (C=O) groups excluding carboxylic acids is 2. The van der Waals surface area contributed by atoms with E-state index < -0.39 is 0 Å². The number of ether oxygens (including phenoxy) is 1. The molecule has 1 atom stereocenters. The third-order valence-corrected chi connectivity index (χ3v) is 4.82. The third-order valence-electron chi connectivity index (χ3n) is 4.59. The summed E-state index contributed by atoms with van der Waals surface area (Å²) in [5.74, 6) is 0.832. The smallest absolute Gasteiger partial charge is 0.319 e. The first-order valence-corrected chi connectivity index (χ1v) is 9.74. The Balaban J connectivity index is 1.55. The number of likely N-dealkylation sites (tertiary alicyclic amines) is 1. The number of benzene rings is 2. The van der Waals surface area contributed by atoms with Crippen molar-refractivity contribution < 1.29 is 14.3 Å². The number of hydrogen-bond acceptors (Lipinski definition) is 3. The van der Waals surface area contributed by atoms with Gasteiger partial charge in [-0.2, -0.15) is 0 Å². The highest BCUT2D eigenvalue weighted by Crippen LogP contribution is 2.24. The first kappa shape index (κ1) is 20.0. The maximum Gasteiger partial charge on any atom is 0.319 e. The van der Waals surface area contributed by atoms with Crippen molar-refractivity contribution in [1.29, 1.82) is 0 Å². The molecule has 1 fully saturated rings. The van der Waals surface area contributed by atoms with Crippen LogP contribution in [0.5, 0.6) is 5.75 Å². The van der Waals surface area contributed by atoms with Crippen LogP contribution in [0.1, 0.15) is 25.3 Å². The first-order valence-electron chi connectivity index (χ1n) is 9.37. The fourth-order valence-corrected chi connectivity index (χ4v) is 3.39. The van der Waals surface area contributed by atoms with E-state index in [4.69, 9.17) is 16.3 Å². The zero-order valence-electron chi connectivity index (χ0n) is 15.8. The summed E-state index contributed by atoms with van der Waals surface area (Å²) in [6, 6.07) is 14.5. The van der Waals surface area contributed by atoms with E-state index in [2.05, 4.69) is 10.6 Å². The monoisotopic (exact) mass is 401 g/mol. The fourth-order valence-electron chi connectivity index (χ4n) is 3.18. The van der Waals surface area contributed by atoms with Gasteiger partial charge in [-0.15, -0.1) is 0 Å². The second-order valence-corrected chi connectivity index (χ2v) is 7.10. The van der Waals surface area contributed by atoms with Gasteiger partial charge in [0.1, 0.15) is 12.4 Å². The Morgan fingerprint density at radius 3 is 2.75 bits per heavy atom. The number of urea groups is 1. The third kappa shape index (κ3) is 5.39. The van der Waals surface area contributed by atoms with Crippen molar-refractivity contribution in [2.45, 2.75) is 32.4 Å². The molecular weight excluding hydrogens is 378 g/mol. The molecule has 0 radical (unpaired) electrons. The first-order chi connectivity index (χ1) is 13.5. The van der Waals surface area contributed by atoms with E-state index in [1.807, 2.05) is 36.1 Å². The average molecular weight is 402 g/mol. The number of nitrogens with one attached hydrogen (secondary N) is 2. The predicted molar refractivity (Wildman–Crippen MR) is 110 cm³/mol. The molecule has 1 unspecified atom stereocenters. The van der Waals surface area contributed by atoms with E-state index in [0.717, 1.165) is 12.0 Å². The number of anilines is 1. The van der Waals surface area contributed by atoms with E-state index in [9.17, 15) is 9.59 Å². The molecule has 1 aliphatic rings. The summed E-state index contributed by atoms with van der Waals surface area (Å²) in [6.45, 7) is 3.39. The number of amides is 3. The van der Waals surface area contributed by atoms with Gasteiger partial charge in [0.2, 0.25) is 5.91 Å². The summed E-state index contributed by atoms with van der Waals surface area (Å²) in [5, 5.41) is 6.08. The van der Waals surface area contributed by atoms with Crippen molar-refractivity contribution in [1.82, 2.24) is 10.2 Å². The lowest BCUT2D eigenvalue weighted by molar-refractivity contribution is -0.129. The van der Waals surface area contributed by atoms with Crippen LogP contribution in [-0.2, 0) is 11.3 Å². The van der Waals surface area contributed by atoms with Gasteiger partial charge in [-0.1, -0.05) is 23.7 Å². The van der Waals surface area contributed by atoms with Crippen molar-refractivity contribution in [3.63, 3.8) is 0 Å². The summed E-state index contributed by atoms with van der Waals surface area (Å²) in [7, 11) is 0. The summed E-state index contributed by atoms with van der Waals surface area (Å²) in [6.07, 6.45) is 1.31. The quantitative estimate of drug-likeness (QED) is 0.735. The lowest BCUT2D eigenvalue weighted by Crippen LogP contribution is -2.36. The number of carbonyl (C=O) groups is 2. The Hall–Kier alpha value is -2.73. The summed E-state index contributed by atoms with van der Waals surface area (Å²) in [5.41, 5.74) is 1.70. The fraction of sp³-hybridized carbons (Fsp3) is 0.333. The maximum absolute atomic E-state index is 12.3. The van der Waals surface area contributed by atoms with E-state index in [-0.39, 0.29) is 18.0 Å². The number of rotatable bonds is 7. The van der Waals surface area contributed by atoms with Crippen LogP contribution in [0.15, 0.2) is 48.5 Å². The highest BCUT2D eigenvalue weighted by Gasteiger charge is 2.31. The molecule has 1 saturated heterocycles. The highest BCUT2D eigenvalue weighted by atomic mass is 35.5. The standard InChI is InChI=1S/C21H24ClN3O3/c1-2-23-21(27)24-17-6-9-19(10-7-17)28-14-18-8-11-20(26)25(18)13-15-4-3-5-16(22)12-15/h3-7,9-10,12,18H,2,8,11,13-14H2,1H3,(H2,23,24,27). The topological polar surface area (TPSA) is 70.7 Å². The van der Waals surface area contributed by atoms with E-state index in [1.165, 1.54) is 0 Å². The van der Waals surface area contributed by atoms with Gasteiger partial charge in [-0.3, -0.25) is 4.79 Å². The average Bonchev–Trinajstić information content (AvgIpc) is 3.01. The van der Waals surface area contributed by atoms with Gasteiger partial charge in [0.15, 0.2) is 0 Å². The molecule has 0 aliphatic carbocycles. The molecule has 3 rings (SSSR count). The Kier molecular flexibility index (Phi) is 6.76.